The number of aromatic nitrogens is 4. The number of hydrogen-bond acceptors (Lipinski definition) is 4. The third-order valence-electron chi connectivity index (χ3n) is 7.71. The number of piperidine rings is 1. The van der Waals surface area contributed by atoms with Gasteiger partial charge in [0.2, 0.25) is 0 Å². The maximum Gasteiger partial charge on any atom is 0.418 e. The second kappa shape index (κ2) is 10.2. The van der Waals surface area contributed by atoms with Gasteiger partial charge in [-0.05, 0) is 61.2 Å². The number of anilines is 1. The van der Waals surface area contributed by atoms with Crippen LogP contribution >= 0.6 is 0 Å². The average Bonchev–Trinajstić information content (AvgIpc) is 3.53. The molecule has 1 aliphatic carbocycles. The molecule has 42 heavy (non-hydrogen) atoms. The van der Waals surface area contributed by atoms with Crippen molar-refractivity contribution in [3.63, 3.8) is 0 Å². The minimum atomic E-state index is -4.65. The molecule has 2 aliphatic rings. The fraction of sp³-hybridized carbons (Fsp3) is 0.300. The predicted octanol–water partition coefficient (Wildman–Crippen LogP) is 6.81. The van der Waals surface area contributed by atoms with Crippen molar-refractivity contribution in [1.82, 2.24) is 19.1 Å². The summed E-state index contributed by atoms with van der Waals surface area (Å²) in [5.41, 5.74) is -0.339. The Bertz CT molecular complexity index is 1760. The number of imidazole rings is 1. The molecule has 0 atom stereocenters. The normalized spacial score (nSPS) is 15.6. The van der Waals surface area contributed by atoms with Crippen molar-refractivity contribution in [2.24, 2.45) is 7.05 Å². The summed E-state index contributed by atoms with van der Waals surface area (Å²) >= 11 is 0. The summed E-state index contributed by atoms with van der Waals surface area (Å²) in [6.07, 6.45) is -1.05. The molecule has 0 radical (unpaired) electrons. The Labute approximate surface area is 236 Å². The zero-order valence-corrected chi connectivity index (χ0v) is 22.4. The third kappa shape index (κ3) is 4.99. The molecular weight excluding hydrogens is 560 g/mol. The maximum atomic E-state index is 14.3. The van der Waals surface area contributed by atoms with Crippen molar-refractivity contribution >= 4 is 11.3 Å². The van der Waals surface area contributed by atoms with Gasteiger partial charge in [-0.25, -0.2) is 4.79 Å². The van der Waals surface area contributed by atoms with Gasteiger partial charge >= 0.3 is 18.0 Å². The van der Waals surface area contributed by atoms with Crippen LogP contribution in [0.3, 0.4) is 0 Å². The van der Waals surface area contributed by atoms with E-state index < -0.39 is 29.2 Å². The lowest BCUT2D eigenvalue weighted by Gasteiger charge is -2.31. The van der Waals surface area contributed by atoms with E-state index in [0.29, 0.717) is 29.9 Å². The molecule has 0 amide bonds. The van der Waals surface area contributed by atoms with Crippen LogP contribution in [-0.2, 0) is 19.6 Å². The quantitative estimate of drug-likeness (QED) is 0.247. The van der Waals surface area contributed by atoms with Crippen LogP contribution < -0.4 is 10.6 Å². The van der Waals surface area contributed by atoms with Crippen LogP contribution in [-0.4, -0.2) is 38.4 Å². The number of halogens is 6. The number of rotatable bonds is 4. The fourth-order valence-corrected chi connectivity index (χ4v) is 5.66. The van der Waals surface area contributed by atoms with Crippen LogP contribution in [0.4, 0.5) is 32.0 Å². The third-order valence-corrected chi connectivity index (χ3v) is 7.71. The number of hydrogen-bond donors (Lipinski definition) is 0. The Morgan fingerprint density at radius 1 is 0.857 bits per heavy atom. The smallest absolute Gasteiger partial charge is 0.371 e. The molecule has 4 heterocycles. The molecule has 0 bridgehead atoms. The van der Waals surface area contributed by atoms with Crippen molar-refractivity contribution < 1.29 is 26.3 Å². The Morgan fingerprint density at radius 3 is 2.33 bits per heavy atom. The number of nitrogens with zero attached hydrogens (tertiary/aromatic N) is 5. The number of alkyl halides is 6. The number of pyridine rings is 2. The first kappa shape index (κ1) is 27.8. The Hall–Kier alpha value is -4.35. The first-order valence-corrected chi connectivity index (χ1v) is 13.4. The van der Waals surface area contributed by atoms with Gasteiger partial charge in [0.25, 0.3) is 0 Å². The molecule has 218 valence electrons. The zero-order valence-electron chi connectivity index (χ0n) is 22.4. The van der Waals surface area contributed by atoms with Gasteiger partial charge in [0.15, 0.2) is 0 Å². The van der Waals surface area contributed by atoms with Gasteiger partial charge in [-0.2, -0.15) is 26.3 Å². The molecule has 12 heteroatoms. The minimum absolute atomic E-state index is 0.00320. The van der Waals surface area contributed by atoms with Crippen LogP contribution in [0, 0.1) is 0 Å². The van der Waals surface area contributed by atoms with E-state index in [-0.39, 0.29) is 34.7 Å². The molecule has 1 aliphatic heterocycles. The molecule has 6 nitrogen and oxygen atoms in total. The fourth-order valence-electron chi connectivity index (χ4n) is 5.66. The van der Waals surface area contributed by atoms with Crippen molar-refractivity contribution in [2.75, 3.05) is 18.0 Å². The number of aryl methyl sites for hydroxylation is 1. The molecular formula is C30H25F6N5O. The van der Waals surface area contributed by atoms with Crippen LogP contribution in [0.2, 0.25) is 0 Å². The van der Waals surface area contributed by atoms with Gasteiger partial charge in [-0.3, -0.25) is 14.5 Å². The second-order valence-corrected chi connectivity index (χ2v) is 10.5. The van der Waals surface area contributed by atoms with Gasteiger partial charge in [0.1, 0.15) is 0 Å². The van der Waals surface area contributed by atoms with Crippen molar-refractivity contribution in [3.8, 4) is 28.2 Å². The molecule has 0 unspecified atom stereocenters. The van der Waals surface area contributed by atoms with Crippen LogP contribution in [0.15, 0.2) is 65.9 Å². The highest BCUT2D eigenvalue weighted by molar-refractivity contribution is 5.79. The summed E-state index contributed by atoms with van der Waals surface area (Å²) < 4.78 is 85.7. The lowest BCUT2D eigenvalue weighted by atomic mass is 10.0. The maximum absolute atomic E-state index is 14.3. The standard InChI is InChI=1S/C30H25F6N5O/c1-39-17-27(25-14-18(9-10-37-25)19-13-21-22(29(31,32)33)6-7-24(21)38-16-19)41(28(39)42)20-5-8-26(23(15-20)30(34,35)36)40-11-3-2-4-12-40/h5-6,8-10,13-17H,2-4,7,11-12H2,1H3. The summed E-state index contributed by atoms with van der Waals surface area (Å²) in [6.45, 7) is 1.04. The highest BCUT2D eigenvalue weighted by Crippen LogP contribution is 2.41. The molecule has 0 spiro atoms. The lowest BCUT2D eigenvalue weighted by Crippen LogP contribution is -2.31. The van der Waals surface area contributed by atoms with Crippen LogP contribution in [0.5, 0.6) is 0 Å². The molecule has 1 aromatic carbocycles. The van der Waals surface area contributed by atoms with E-state index in [1.165, 1.54) is 48.4 Å². The monoisotopic (exact) mass is 585 g/mol. The SMILES string of the molecule is Cn1cc(-c2cc(-c3cnc4c(c3)C(C(F)(F)F)=CC4)ccn2)n(-c2ccc(N3CCCCC3)c(C(F)(F)F)c2)c1=O. The molecule has 1 fully saturated rings. The Morgan fingerprint density at radius 2 is 1.62 bits per heavy atom. The van der Waals surface area contributed by atoms with E-state index in [2.05, 4.69) is 9.97 Å². The first-order chi connectivity index (χ1) is 19.9. The van der Waals surface area contributed by atoms with E-state index in [1.807, 2.05) is 0 Å². The summed E-state index contributed by atoms with van der Waals surface area (Å²) in [5.74, 6) is 0. The van der Waals surface area contributed by atoms with Crippen LogP contribution in [0.25, 0.3) is 33.8 Å². The molecule has 0 N–H and O–H groups in total. The van der Waals surface area contributed by atoms with Crippen molar-refractivity contribution in [3.05, 3.63) is 88.4 Å². The molecule has 1 saturated heterocycles. The Balaban J connectivity index is 1.43. The topological polar surface area (TPSA) is 56.0 Å². The highest BCUT2D eigenvalue weighted by Gasteiger charge is 2.38. The largest absolute Gasteiger partial charge is 0.418 e. The van der Waals surface area contributed by atoms with Crippen molar-refractivity contribution in [1.29, 1.82) is 0 Å². The van der Waals surface area contributed by atoms with Crippen molar-refractivity contribution in [2.45, 2.75) is 38.0 Å². The minimum Gasteiger partial charge on any atom is -0.371 e. The number of allylic oxidation sites excluding steroid dienone is 2. The highest BCUT2D eigenvalue weighted by atomic mass is 19.4. The molecule has 0 saturated carbocycles. The Kier molecular flexibility index (Phi) is 6.74. The summed E-state index contributed by atoms with van der Waals surface area (Å²) in [7, 11) is 1.48. The van der Waals surface area contributed by atoms with Gasteiger partial charge < -0.3 is 9.47 Å². The van der Waals surface area contributed by atoms with Gasteiger partial charge in [0.05, 0.1) is 33.9 Å². The average molecular weight is 586 g/mol. The van der Waals surface area contributed by atoms with E-state index in [4.69, 9.17) is 0 Å². The van der Waals surface area contributed by atoms with Gasteiger partial charge in [-0.1, -0.05) is 6.08 Å². The molecule has 6 rings (SSSR count). The summed E-state index contributed by atoms with van der Waals surface area (Å²) in [5, 5.41) is 0. The van der Waals surface area contributed by atoms with E-state index >= 15 is 0 Å². The molecule has 4 aromatic rings. The second-order valence-electron chi connectivity index (χ2n) is 10.5. The predicted molar refractivity (Wildman–Crippen MR) is 146 cm³/mol. The lowest BCUT2D eigenvalue weighted by molar-refractivity contribution is -0.137. The summed E-state index contributed by atoms with van der Waals surface area (Å²) in [4.78, 5) is 23.5. The van der Waals surface area contributed by atoms with E-state index in [0.717, 1.165) is 36.0 Å². The first-order valence-electron chi connectivity index (χ1n) is 13.4. The summed E-state index contributed by atoms with van der Waals surface area (Å²) in [6, 6.07) is 8.46. The number of fused-ring (bicyclic) bond motifs is 1. The van der Waals surface area contributed by atoms with E-state index in [9.17, 15) is 31.1 Å². The molecule has 3 aromatic heterocycles. The number of benzene rings is 1. The van der Waals surface area contributed by atoms with Gasteiger partial charge in [0, 0.05) is 62.0 Å². The van der Waals surface area contributed by atoms with Crippen LogP contribution in [0.1, 0.15) is 36.1 Å². The van der Waals surface area contributed by atoms with E-state index in [1.54, 1.807) is 17.0 Å². The zero-order chi connectivity index (χ0) is 29.8. The van der Waals surface area contributed by atoms with Gasteiger partial charge in [-0.15, -0.1) is 0 Å².